The molecule has 2 aromatic rings. The summed E-state index contributed by atoms with van der Waals surface area (Å²) in [7, 11) is -0.213. The molecular formula is C19H25BrClNOSi. The first-order valence-electron chi connectivity index (χ1n) is 7.97. The summed E-state index contributed by atoms with van der Waals surface area (Å²) in [5.74, 6) is 0.857. The van der Waals surface area contributed by atoms with E-state index in [9.17, 15) is 0 Å². The summed E-state index contributed by atoms with van der Waals surface area (Å²) in [6.45, 7) is 11.7. The molecule has 0 atom stereocenters. The highest BCUT2D eigenvalue weighted by Crippen LogP contribution is 2.46. The molecule has 0 heterocycles. The molecule has 2 nitrogen and oxygen atoms in total. The minimum absolute atomic E-state index is 0.170. The second-order valence-electron chi connectivity index (χ2n) is 7.44. The van der Waals surface area contributed by atoms with Gasteiger partial charge >= 0.3 is 0 Å². The Labute approximate surface area is 160 Å². The van der Waals surface area contributed by atoms with Gasteiger partial charge in [0.2, 0.25) is 0 Å². The van der Waals surface area contributed by atoms with Crippen molar-refractivity contribution in [2.24, 2.45) is 0 Å². The maximum Gasteiger partial charge on any atom is 0.161 e. The quantitative estimate of drug-likeness (QED) is 0.477. The normalized spacial score (nSPS) is 12.2. The molecule has 130 valence electrons. The van der Waals surface area contributed by atoms with Crippen molar-refractivity contribution in [3.05, 3.63) is 52.0 Å². The second kappa shape index (κ2) is 7.10. The van der Waals surface area contributed by atoms with E-state index >= 15 is 0 Å². The van der Waals surface area contributed by atoms with Crippen LogP contribution in [-0.4, -0.2) is 15.3 Å². The van der Waals surface area contributed by atoms with Gasteiger partial charge in [0.25, 0.3) is 0 Å². The highest BCUT2D eigenvalue weighted by Gasteiger charge is 2.42. The zero-order valence-electron chi connectivity index (χ0n) is 15.2. The van der Waals surface area contributed by atoms with Crippen LogP contribution in [0.1, 0.15) is 20.8 Å². The van der Waals surface area contributed by atoms with Crippen LogP contribution in [0.2, 0.25) is 23.2 Å². The van der Waals surface area contributed by atoms with Crippen molar-refractivity contribution in [2.75, 3.05) is 11.7 Å². The van der Waals surface area contributed by atoms with E-state index in [1.165, 1.54) is 0 Å². The molecule has 0 saturated heterocycles. The Morgan fingerprint density at radius 2 is 1.62 bits per heavy atom. The van der Waals surface area contributed by atoms with E-state index in [1.807, 2.05) is 24.3 Å². The van der Waals surface area contributed by atoms with Crippen LogP contribution in [0.4, 0.5) is 11.4 Å². The van der Waals surface area contributed by atoms with Gasteiger partial charge in [-0.15, -0.1) is 0 Å². The average Bonchev–Trinajstić information content (AvgIpc) is 2.49. The van der Waals surface area contributed by atoms with Gasteiger partial charge in [0.05, 0.1) is 17.8 Å². The van der Waals surface area contributed by atoms with Gasteiger partial charge in [-0.3, -0.25) is 0 Å². The molecule has 0 aliphatic heterocycles. The van der Waals surface area contributed by atoms with Crippen molar-refractivity contribution in [2.45, 2.75) is 38.9 Å². The van der Waals surface area contributed by atoms with Crippen LogP contribution in [0, 0.1) is 0 Å². The van der Waals surface area contributed by atoms with E-state index in [0.717, 1.165) is 26.6 Å². The first-order valence-corrected chi connectivity index (χ1v) is 12.1. The number of anilines is 2. The van der Waals surface area contributed by atoms with Crippen LogP contribution in [0.15, 0.2) is 46.9 Å². The van der Waals surface area contributed by atoms with Gasteiger partial charge in [0.1, 0.15) is 5.75 Å². The number of hydrogen-bond acceptors (Lipinski definition) is 2. The molecule has 0 aliphatic rings. The zero-order valence-corrected chi connectivity index (χ0v) is 18.5. The molecule has 5 heteroatoms. The Balaban J connectivity index is 2.65. The number of halogens is 2. The Morgan fingerprint density at radius 3 is 2.08 bits per heavy atom. The van der Waals surface area contributed by atoms with Crippen LogP contribution < -0.4 is 9.30 Å². The largest absolute Gasteiger partial charge is 0.497 e. The standard InChI is InChI=1S/C19H25BrClNOSi/c1-19(2,3)24(5,6)22(15-8-10-16(23-4)11-9-15)18-12-7-14(20)13-17(18)21/h7-13H,1-6H3. The fraction of sp³-hybridized carbons (Fsp3) is 0.368. The number of hydrogen-bond donors (Lipinski definition) is 0. The van der Waals surface area contributed by atoms with Crippen molar-refractivity contribution >= 4 is 47.1 Å². The van der Waals surface area contributed by atoms with Crippen molar-refractivity contribution in [1.82, 2.24) is 0 Å². The third-order valence-corrected chi connectivity index (χ3v) is 11.0. The summed E-state index contributed by atoms with van der Waals surface area (Å²) in [4.78, 5) is 0. The van der Waals surface area contributed by atoms with Gasteiger partial charge in [-0.2, -0.15) is 0 Å². The van der Waals surface area contributed by atoms with Gasteiger partial charge in [-0.05, 0) is 47.5 Å². The summed E-state index contributed by atoms with van der Waals surface area (Å²) in [6.07, 6.45) is 0. The topological polar surface area (TPSA) is 12.5 Å². The van der Waals surface area contributed by atoms with Crippen molar-refractivity contribution < 1.29 is 4.74 Å². The molecule has 0 spiro atoms. The van der Waals surface area contributed by atoms with E-state index in [1.54, 1.807) is 7.11 Å². The first-order chi connectivity index (χ1) is 11.1. The maximum atomic E-state index is 6.61. The second-order valence-corrected chi connectivity index (χ2v) is 13.8. The van der Waals surface area contributed by atoms with E-state index in [4.69, 9.17) is 16.3 Å². The Kier molecular flexibility index (Phi) is 5.73. The predicted octanol–water partition coefficient (Wildman–Crippen LogP) is 7.25. The van der Waals surface area contributed by atoms with Gasteiger partial charge in [0.15, 0.2) is 8.24 Å². The minimum Gasteiger partial charge on any atom is -0.497 e. The molecule has 0 saturated carbocycles. The van der Waals surface area contributed by atoms with Crippen molar-refractivity contribution in [1.29, 1.82) is 0 Å². The number of benzene rings is 2. The molecule has 0 unspecified atom stereocenters. The van der Waals surface area contributed by atoms with Crippen molar-refractivity contribution in [3.63, 3.8) is 0 Å². The summed E-state index contributed by atoms with van der Waals surface area (Å²) in [5, 5.41) is 0.925. The lowest BCUT2D eigenvalue weighted by molar-refractivity contribution is 0.415. The van der Waals surface area contributed by atoms with Gasteiger partial charge in [-0.25, -0.2) is 0 Å². The lowest BCUT2D eigenvalue weighted by Crippen LogP contribution is -2.53. The summed E-state index contributed by atoms with van der Waals surface area (Å²) >= 11 is 10.1. The first kappa shape index (κ1) is 19.4. The maximum absolute atomic E-state index is 6.61. The average molecular weight is 427 g/mol. The number of rotatable bonds is 4. The van der Waals surface area contributed by atoms with E-state index in [0.29, 0.717) is 0 Å². The number of nitrogens with zero attached hydrogens (tertiary/aromatic N) is 1. The molecule has 2 rings (SSSR count). The molecule has 0 N–H and O–H groups in total. The van der Waals surface area contributed by atoms with E-state index < -0.39 is 8.24 Å². The third kappa shape index (κ3) is 3.81. The lowest BCUT2D eigenvalue weighted by atomic mass is 10.2. The zero-order chi connectivity index (χ0) is 18.1. The molecule has 0 radical (unpaired) electrons. The molecular weight excluding hydrogens is 402 g/mol. The van der Waals surface area contributed by atoms with Gasteiger partial charge in [0, 0.05) is 10.2 Å². The summed E-state index contributed by atoms with van der Waals surface area (Å²) in [6, 6.07) is 14.3. The van der Waals surface area contributed by atoms with Crippen molar-refractivity contribution in [3.8, 4) is 5.75 Å². The Morgan fingerprint density at radius 1 is 1.04 bits per heavy atom. The van der Waals surface area contributed by atoms with Gasteiger partial charge < -0.3 is 9.30 Å². The van der Waals surface area contributed by atoms with E-state index in [2.05, 4.69) is 72.6 Å². The van der Waals surface area contributed by atoms with Crippen LogP contribution in [0.5, 0.6) is 5.75 Å². The lowest BCUT2D eigenvalue weighted by Gasteiger charge is -2.47. The molecule has 0 amide bonds. The van der Waals surface area contributed by atoms with Crippen LogP contribution in [-0.2, 0) is 0 Å². The predicted molar refractivity (Wildman–Crippen MR) is 111 cm³/mol. The number of ether oxygens (including phenoxy) is 1. The van der Waals surface area contributed by atoms with Crippen LogP contribution >= 0.6 is 27.5 Å². The molecule has 2 aromatic carbocycles. The van der Waals surface area contributed by atoms with E-state index in [-0.39, 0.29) is 5.04 Å². The Bertz CT molecular complexity index is 710. The summed E-state index contributed by atoms with van der Waals surface area (Å²) < 4.78 is 8.74. The molecule has 0 aliphatic carbocycles. The third-order valence-electron chi connectivity index (χ3n) is 4.88. The fourth-order valence-electron chi connectivity index (χ4n) is 2.49. The Hall–Kier alpha value is -0.973. The van der Waals surface area contributed by atoms with Gasteiger partial charge in [-0.1, -0.05) is 61.4 Å². The van der Waals surface area contributed by atoms with Crippen LogP contribution in [0.3, 0.4) is 0 Å². The molecule has 0 bridgehead atoms. The monoisotopic (exact) mass is 425 g/mol. The highest BCUT2D eigenvalue weighted by atomic mass is 79.9. The SMILES string of the molecule is COc1ccc(N(c2ccc(Br)cc2Cl)[Si](C)(C)C(C)(C)C)cc1. The fourth-order valence-corrected chi connectivity index (χ4v) is 5.58. The molecule has 24 heavy (non-hydrogen) atoms. The molecule has 0 fully saturated rings. The number of methoxy groups -OCH3 is 1. The van der Waals surface area contributed by atoms with Crippen LogP contribution in [0.25, 0.3) is 0 Å². The minimum atomic E-state index is -1.90. The molecule has 0 aromatic heterocycles. The summed E-state index contributed by atoms with van der Waals surface area (Å²) in [5.41, 5.74) is 2.20. The highest BCUT2D eigenvalue weighted by molar-refractivity contribution is 9.10. The smallest absolute Gasteiger partial charge is 0.161 e.